The van der Waals surface area contributed by atoms with E-state index < -0.39 is 0 Å². The molecule has 17 heavy (non-hydrogen) atoms. The Hall–Kier alpha value is -0.830. The molecule has 0 fully saturated rings. The van der Waals surface area contributed by atoms with Gasteiger partial charge in [-0.3, -0.25) is 0 Å². The van der Waals surface area contributed by atoms with Crippen LogP contribution in [0.5, 0.6) is 0 Å². The van der Waals surface area contributed by atoms with Gasteiger partial charge in [0, 0.05) is 17.5 Å². The molecule has 0 saturated heterocycles. The van der Waals surface area contributed by atoms with Crippen molar-refractivity contribution in [3.8, 4) is 0 Å². The summed E-state index contributed by atoms with van der Waals surface area (Å²) in [6.45, 7) is 5.33. The molecule has 1 unspecified atom stereocenters. The number of benzene rings is 1. The van der Waals surface area contributed by atoms with Crippen molar-refractivity contribution >= 4 is 23.7 Å². The van der Waals surface area contributed by atoms with Gasteiger partial charge in [0.1, 0.15) is 0 Å². The maximum atomic E-state index is 3.55. The standard InChI is InChI=1S/C14H17NS.ClH/c1-11-8-9-16-14(11)10-15-12(2)13-6-4-3-5-7-13;/h3-9,12,15H,10H2,1-2H3;1H. The Kier molecular flexibility index (Phi) is 5.69. The highest BCUT2D eigenvalue weighted by Crippen LogP contribution is 2.17. The van der Waals surface area contributed by atoms with Crippen LogP contribution in [-0.4, -0.2) is 0 Å². The monoisotopic (exact) mass is 267 g/mol. The molecule has 0 amide bonds. The van der Waals surface area contributed by atoms with Gasteiger partial charge in [0.05, 0.1) is 0 Å². The van der Waals surface area contributed by atoms with E-state index in [1.807, 2.05) is 11.3 Å². The lowest BCUT2D eigenvalue weighted by atomic mass is 10.1. The first-order valence-electron chi connectivity index (χ1n) is 5.58. The molecule has 1 heterocycles. The average Bonchev–Trinajstić information content (AvgIpc) is 2.73. The van der Waals surface area contributed by atoms with Gasteiger partial charge in [0.15, 0.2) is 0 Å². The van der Waals surface area contributed by atoms with Crippen LogP contribution in [0, 0.1) is 6.92 Å². The minimum absolute atomic E-state index is 0. The maximum Gasteiger partial charge on any atom is 0.0308 e. The van der Waals surface area contributed by atoms with Crippen LogP contribution in [-0.2, 0) is 6.54 Å². The molecule has 1 nitrogen and oxygen atoms in total. The number of nitrogens with one attached hydrogen (secondary N) is 1. The van der Waals surface area contributed by atoms with Crippen LogP contribution in [0.1, 0.15) is 29.0 Å². The zero-order valence-electron chi connectivity index (χ0n) is 10.1. The van der Waals surface area contributed by atoms with E-state index in [0.717, 1.165) is 6.54 Å². The van der Waals surface area contributed by atoms with E-state index in [1.165, 1.54) is 16.0 Å². The Morgan fingerprint density at radius 1 is 1.18 bits per heavy atom. The van der Waals surface area contributed by atoms with Crippen molar-refractivity contribution in [2.24, 2.45) is 0 Å². The van der Waals surface area contributed by atoms with Gasteiger partial charge in [0.2, 0.25) is 0 Å². The van der Waals surface area contributed by atoms with Crippen LogP contribution < -0.4 is 5.32 Å². The molecule has 1 aromatic heterocycles. The Bertz CT molecular complexity index is 438. The lowest BCUT2D eigenvalue weighted by Crippen LogP contribution is -2.17. The largest absolute Gasteiger partial charge is 0.305 e. The molecule has 0 saturated carbocycles. The first-order valence-corrected chi connectivity index (χ1v) is 6.46. The fraction of sp³-hybridized carbons (Fsp3) is 0.286. The Labute approximate surface area is 113 Å². The van der Waals surface area contributed by atoms with Crippen molar-refractivity contribution in [3.05, 3.63) is 57.8 Å². The predicted octanol–water partition coefficient (Wildman–Crippen LogP) is 4.33. The highest BCUT2D eigenvalue weighted by atomic mass is 35.5. The maximum absolute atomic E-state index is 3.55. The number of thiophene rings is 1. The zero-order valence-corrected chi connectivity index (χ0v) is 11.8. The Balaban J connectivity index is 0.00000144. The summed E-state index contributed by atoms with van der Waals surface area (Å²) in [6, 6.07) is 13.1. The van der Waals surface area contributed by atoms with Gasteiger partial charge in [-0.15, -0.1) is 23.7 Å². The molecule has 3 heteroatoms. The smallest absolute Gasteiger partial charge is 0.0308 e. The van der Waals surface area contributed by atoms with Gasteiger partial charge >= 0.3 is 0 Å². The lowest BCUT2D eigenvalue weighted by molar-refractivity contribution is 0.578. The molecule has 0 aliphatic carbocycles. The second kappa shape index (κ2) is 6.80. The van der Waals surface area contributed by atoms with Crippen LogP contribution >= 0.6 is 23.7 Å². The van der Waals surface area contributed by atoms with Crippen molar-refractivity contribution in [3.63, 3.8) is 0 Å². The van der Waals surface area contributed by atoms with E-state index in [9.17, 15) is 0 Å². The van der Waals surface area contributed by atoms with Crippen molar-refractivity contribution in [2.75, 3.05) is 0 Å². The van der Waals surface area contributed by atoms with Crippen LogP contribution in [0.2, 0.25) is 0 Å². The molecule has 0 bridgehead atoms. The number of halogens is 1. The van der Waals surface area contributed by atoms with Crippen molar-refractivity contribution < 1.29 is 0 Å². The molecule has 92 valence electrons. The molecule has 1 aromatic carbocycles. The predicted molar refractivity (Wildman–Crippen MR) is 78.0 cm³/mol. The zero-order chi connectivity index (χ0) is 11.4. The SMILES string of the molecule is Cc1ccsc1CNC(C)c1ccccc1.Cl. The van der Waals surface area contributed by atoms with Crippen molar-refractivity contribution in [1.82, 2.24) is 5.32 Å². The first kappa shape index (κ1) is 14.2. The van der Waals surface area contributed by atoms with E-state index in [1.54, 1.807) is 0 Å². The molecule has 1 N–H and O–H groups in total. The first-order chi connectivity index (χ1) is 7.77. The molecule has 0 radical (unpaired) electrons. The summed E-state index contributed by atoms with van der Waals surface area (Å²) in [4.78, 5) is 1.43. The van der Waals surface area contributed by atoms with E-state index >= 15 is 0 Å². The van der Waals surface area contributed by atoms with Gasteiger partial charge in [-0.1, -0.05) is 30.3 Å². The summed E-state index contributed by atoms with van der Waals surface area (Å²) in [6.07, 6.45) is 0. The van der Waals surface area contributed by atoms with Crippen LogP contribution in [0.25, 0.3) is 0 Å². The molecular formula is C14H18ClNS. The third-order valence-electron chi connectivity index (χ3n) is 2.84. The number of rotatable bonds is 4. The number of aryl methyl sites for hydroxylation is 1. The number of hydrogen-bond donors (Lipinski definition) is 1. The molecule has 1 atom stereocenters. The van der Waals surface area contributed by atoms with Gasteiger partial charge in [-0.2, -0.15) is 0 Å². The van der Waals surface area contributed by atoms with Gasteiger partial charge in [-0.05, 0) is 36.4 Å². The summed E-state index contributed by atoms with van der Waals surface area (Å²) in [5.41, 5.74) is 2.73. The average molecular weight is 268 g/mol. The third-order valence-corrected chi connectivity index (χ3v) is 3.86. The van der Waals surface area contributed by atoms with E-state index in [4.69, 9.17) is 0 Å². The Morgan fingerprint density at radius 2 is 1.88 bits per heavy atom. The van der Waals surface area contributed by atoms with Crippen LogP contribution in [0.15, 0.2) is 41.8 Å². The lowest BCUT2D eigenvalue weighted by Gasteiger charge is -2.13. The van der Waals surface area contributed by atoms with E-state index in [0.29, 0.717) is 6.04 Å². The normalized spacial score (nSPS) is 11.9. The highest BCUT2D eigenvalue weighted by molar-refractivity contribution is 7.10. The summed E-state index contributed by atoms with van der Waals surface area (Å²) in [5.74, 6) is 0. The fourth-order valence-electron chi connectivity index (χ4n) is 1.69. The topological polar surface area (TPSA) is 12.0 Å². The Morgan fingerprint density at radius 3 is 2.47 bits per heavy atom. The van der Waals surface area contributed by atoms with Crippen molar-refractivity contribution in [2.45, 2.75) is 26.4 Å². The second-order valence-corrected chi connectivity index (χ2v) is 5.04. The number of hydrogen-bond acceptors (Lipinski definition) is 2. The van der Waals surface area contributed by atoms with Gasteiger partial charge < -0.3 is 5.32 Å². The minimum Gasteiger partial charge on any atom is -0.305 e. The minimum atomic E-state index is 0. The molecule has 0 spiro atoms. The van der Waals surface area contributed by atoms with Crippen LogP contribution in [0.4, 0.5) is 0 Å². The highest BCUT2D eigenvalue weighted by Gasteiger charge is 2.05. The summed E-state index contributed by atoms with van der Waals surface area (Å²) < 4.78 is 0. The molecule has 2 aromatic rings. The van der Waals surface area contributed by atoms with Gasteiger partial charge in [0.25, 0.3) is 0 Å². The van der Waals surface area contributed by atoms with Crippen molar-refractivity contribution in [1.29, 1.82) is 0 Å². The molecule has 2 rings (SSSR count). The summed E-state index contributed by atoms with van der Waals surface area (Å²) >= 11 is 1.82. The molecule has 0 aliphatic rings. The molecular weight excluding hydrogens is 250 g/mol. The molecule has 0 aliphatic heterocycles. The summed E-state index contributed by atoms with van der Waals surface area (Å²) in [7, 11) is 0. The third kappa shape index (κ3) is 3.84. The quantitative estimate of drug-likeness (QED) is 0.870. The second-order valence-electron chi connectivity index (χ2n) is 4.04. The van der Waals surface area contributed by atoms with Gasteiger partial charge in [-0.25, -0.2) is 0 Å². The van der Waals surface area contributed by atoms with E-state index in [-0.39, 0.29) is 12.4 Å². The fourth-order valence-corrected chi connectivity index (χ4v) is 2.55. The van der Waals surface area contributed by atoms with Crippen LogP contribution in [0.3, 0.4) is 0 Å². The summed E-state index contributed by atoms with van der Waals surface area (Å²) in [5, 5.41) is 5.70. The van der Waals surface area contributed by atoms with E-state index in [2.05, 4.69) is 60.9 Å².